The Morgan fingerprint density at radius 3 is 2.95 bits per heavy atom. The number of carbonyl (C=O) groups excluding carboxylic acids is 1. The Hall–Kier alpha value is -1.26. The molecular formula is C15H22ClNO3. The van der Waals surface area contributed by atoms with Crippen LogP contribution in [0.3, 0.4) is 0 Å². The first-order chi connectivity index (χ1) is 9.19. The molecule has 1 aliphatic rings. The smallest absolute Gasteiger partial charge is 0.344 e. The lowest BCUT2D eigenvalue weighted by molar-refractivity contribution is -0.145. The molecule has 1 aromatic carbocycles. The molecule has 1 atom stereocenters. The number of aryl methyl sites for hydroxylation is 1. The van der Waals surface area contributed by atoms with Crippen molar-refractivity contribution in [2.24, 2.45) is 5.73 Å². The minimum atomic E-state index is -0.334. The second-order valence-corrected chi connectivity index (χ2v) is 4.88. The van der Waals surface area contributed by atoms with Crippen molar-refractivity contribution in [3.63, 3.8) is 0 Å². The van der Waals surface area contributed by atoms with Gasteiger partial charge in [-0.15, -0.1) is 12.4 Å². The highest BCUT2D eigenvalue weighted by molar-refractivity contribution is 5.85. The average Bonchev–Trinajstić information content (AvgIpc) is 2.57. The summed E-state index contributed by atoms with van der Waals surface area (Å²) in [4.78, 5) is 11.2. The highest BCUT2D eigenvalue weighted by Gasteiger charge is 2.14. The first kappa shape index (κ1) is 16.8. The second kappa shape index (κ2) is 8.12. The largest absolute Gasteiger partial charge is 0.482 e. The molecule has 0 radical (unpaired) electrons. The molecule has 0 bridgehead atoms. The van der Waals surface area contributed by atoms with Crippen LogP contribution in [0.15, 0.2) is 18.2 Å². The summed E-state index contributed by atoms with van der Waals surface area (Å²) in [5, 5.41) is 0. The van der Waals surface area contributed by atoms with E-state index in [9.17, 15) is 4.79 Å². The number of hydrogen-bond acceptors (Lipinski definition) is 4. The molecule has 2 N–H and O–H groups in total. The third-order valence-corrected chi connectivity index (χ3v) is 3.34. The van der Waals surface area contributed by atoms with Crippen molar-refractivity contribution >= 4 is 18.4 Å². The molecule has 4 nitrogen and oxygen atoms in total. The molecule has 0 amide bonds. The van der Waals surface area contributed by atoms with Gasteiger partial charge in [0, 0.05) is 6.04 Å². The van der Waals surface area contributed by atoms with Crippen molar-refractivity contribution in [1.82, 2.24) is 0 Å². The third-order valence-electron chi connectivity index (χ3n) is 3.34. The lowest BCUT2D eigenvalue weighted by atomic mass is 10.0. The molecule has 0 heterocycles. The zero-order valence-electron chi connectivity index (χ0n) is 11.8. The minimum absolute atomic E-state index is 0. The van der Waals surface area contributed by atoms with Gasteiger partial charge >= 0.3 is 5.97 Å². The van der Waals surface area contributed by atoms with E-state index in [0.717, 1.165) is 31.4 Å². The third kappa shape index (κ3) is 4.69. The Balaban J connectivity index is 0.00000200. The van der Waals surface area contributed by atoms with E-state index >= 15 is 0 Å². The maximum atomic E-state index is 11.2. The zero-order valence-corrected chi connectivity index (χ0v) is 12.6. The van der Waals surface area contributed by atoms with Crippen molar-refractivity contribution < 1.29 is 14.3 Å². The van der Waals surface area contributed by atoms with E-state index in [1.54, 1.807) is 6.92 Å². The molecule has 0 spiro atoms. The van der Waals surface area contributed by atoms with Crippen LogP contribution in [0.25, 0.3) is 0 Å². The lowest BCUT2D eigenvalue weighted by Gasteiger charge is -2.11. The number of ether oxygens (including phenoxy) is 2. The van der Waals surface area contributed by atoms with Crippen molar-refractivity contribution in [2.45, 2.75) is 38.6 Å². The maximum absolute atomic E-state index is 11.2. The van der Waals surface area contributed by atoms with Crippen LogP contribution >= 0.6 is 12.4 Å². The Morgan fingerprint density at radius 2 is 2.20 bits per heavy atom. The van der Waals surface area contributed by atoms with Gasteiger partial charge in [-0.1, -0.05) is 6.07 Å². The fourth-order valence-corrected chi connectivity index (χ4v) is 2.41. The molecule has 2 rings (SSSR count). The number of rotatable bonds is 4. The molecule has 1 aromatic rings. The predicted octanol–water partition coefficient (Wildman–Crippen LogP) is 2.26. The zero-order chi connectivity index (χ0) is 13.7. The summed E-state index contributed by atoms with van der Waals surface area (Å²) in [5.41, 5.74) is 8.61. The molecule has 0 saturated heterocycles. The quantitative estimate of drug-likeness (QED) is 0.684. The second-order valence-electron chi connectivity index (χ2n) is 4.88. The summed E-state index contributed by atoms with van der Waals surface area (Å²) in [7, 11) is 0. The van der Waals surface area contributed by atoms with Crippen LogP contribution in [-0.4, -0.2) is 25.2 Å². The van der Waals surface area contributed by atoms with Crippen molar-refractivity contribution in [1.29, 1.82) is 0 Å². The van der Waals surface area contributed by atoms with Gasteiger partial charge in [-0.05, 0) is 55.9 Å². The lowest BCUT2D eigenvalue weighted by Crippen LogP contribution is -2.21. The Bertz CT molecular complexity index is 451. The van der Waals surface area contributed by atoms with E-state index in [4.69, 9.17) is 15.2 Å². The van der Waals surface area contributed by atoms with Gasteiger partial charge in [0.05, 0.1) is 6.61 Å². The molecule has 0 aromatic heterocycles. The van der Waals surface area contributed by atoms with Crippen LogP contribution in [0.5, 0.6) is 5.75 Å². The van der Waals surface area contributed by atoms with Crippen LogP contribution in [0.1, 0.15) is 30.9 Å². The van der Waals surface area contributed by atoms with E-state index in [2.05, 4.69) is 6.07 Å². The summed E-state index contributed by atoms with van der Waals surface area (Å²) in [6.07, 6.45) is 4.12. The highest BCUT2D eigenvalue weighted by atomic mass is 35.5. The number of hydrogen-bond donors (Lipinski definition) is 1. The normalized spacial score (nSPS) is 17.4. The maximum Gasteiger partial charge on any atom is 0.344 e. The standard InChI is InChI=1S/C15H21NO3.ClH/c1-2-18-15(17)10-19-14-7-6-12-8-13(16)5-3-4-11(12)9-14;/h6-7,9,13H,2-5,8,10,16H2,1H3;1H. The number of carbonyl (C=O) groups is 1. The average molecular weight is 300 g/mol. The predicted molar refractivity (Wildman–Crippen MR) is 80.4 cm³/mol. The summed E-state index contributed by atoms with van der Waals surface area (Å²) in [6, 6.07) is 6.23. The molecule has 5 heteroatoms. The molecule has 1 unspecified atom stereocenters. The summed E-state index contributed by atoms with van der Waals surface area (Å²) < 4.78 is 10.3. The van der Waals surface area contributed by atoms with Gasteiger partial charge in [0.15, 0.2) is 6.61 Å². The van der Waals surface area contributed by atoms with Gasteiger partial charge in [-0.3, -0.25) is 0 Å². The van der Waals surface area contributed by atoms with Gasteiger partial charge in [0.25, 0.3) is 0 Å². The monoisotopic (exact) mass is 299 g/mol. The van der Waals surface area contributed by atoms with E-state index in [-0.39, 0.29) is 31.0 Å². The molecule has 112 valence electrons. The van der Waals surface area contributed by atoms with Crippen LogP contribution in [0, 0.1) is 0 Å². The molecule has 20 heavy (non-hydrogen) atoms. The molecule has 0 aliphatic heterocycles. The van der Waals surface area contributed by atoms with E-state index < -0.39 is 0 Å². The Kier molecular flexibility index (Phi) is 6.82. The van der Waals surface area contributed by atoms with E-state index in [1.807, 2.05) is 12.1 Å². The van der Waals surface area contributed by atoms with E-state index in [0.29, 0.717) is 6.61 Å². The number of esters is 1. The molecular weight excluding hydrogens is 278 g/mol. The van der Waals surface area contributed by atoms with Gasteiger partial charge in [0.1, 0.15) is 5.75 Å². The van der Waals surface area contributed by atoms with E-state index in [1.165, 1.54) is 11.1 Å². The molecule has 0 fully saturated rings. The first-order valence-electron chi connectivity index (χ1n) is 6.85. The van der Waals surface area contributed by atoms with Crippen molar-refractivity contribution in [2.75, 3.05) is 13.2 Å². The molecule has 1 aliphatic carbocycles. The highest BCUT2D eigenvalue weighted by Crippen LogP contribution is 2.24. The van der Waals surface area contributed by atoms with Gasteiger partial charge in [0.2, 0.25) is 0 Å². The number of benzene rings is 1. The summed E-state index contributed by atoms with van der Waals surface area (Å²) in [6.45, 7) is 2.12. The van der Waals surface area contributed by atoms with Crippen LogP contribution in [0.4, 0.5) is 0 Å². The minimum Gasteiger partial charge on any atom is -0.482 e. The van der Waals surface area contributed by atoms with Crippen molar-refractivity contribution in [3.05, 3.63) is 29.3 Å². The number of halogens is 1. The van der Waals surface area contributed by atoms with Crippen LogP contribution < -0.4 is 10.5 Å². The number of fused-ring (bicyclic) bond motifs is 1. The van der Waals surface area contributed by atoms with Crippen molar-refractivity contribution in [3.8, 4) is 5.75 Å². The fourth-order valence-electron chi connectivity index (χ4n) is 2.41. The fraction of sp³-hybridized carbons (Fsp3) is 0.533. The Labute approximate surface area is 126 Å². The SMILES string of the molecule is CCOC(=O)COc1ccc2c(c1)CCCC(N)C2.Cl. The van der Waals surface area contributed by atoms with Gasteiger partial charge in [-0.2, -0.15) is 0 Å². The summed E-state index contributed by atoms with van der Waals surface area (Å²) in [5.74, 6) is 0.390. The first-order valence-corrected chi connectivity index (χ1v) is 6.85. The van der Waals surface area contributed by atoms with Gasteiger partial charge < -0.3 is 15.2 Å². The topological polar surface area (TPSA) is 61.5 Å². The molecule has 0 saturated carbocycles. The van der Waals surface area contributed by atoms with Crippen LogP contribution in [0.2, 0.25) is 0 Å². The van der Waals surface area contributed by atoms with Gasteiger partial charge in [-0.25, -0.2) is 4.79 Å². The summed E-state index contributed by atoms with van der Waals surface area (Å²) >= 11 is 0. The Morgan fingerprint density at radius 1 is 1.40 bits per heavy atom. The van der Waals surface area contributed by atoms with Crippen LogP contribution in [-0.2, 0) is 22.4 Å². The number of nitrogens with two attached hydrogens (primary N) is 1.